The van der Waals surface area contributed by atoms with Gasteiger partial charge >= 0.3 is 0 Å². The molecule has 0 radical (unpaired) electrons. The molecule has 1 aromatic rings. The molecular weight excluding hydrogens is 268 g/mol. The number of unbranched alkanes of at least 4 members (excludes halogenated alkanes) is 1. The van der Waals surface area contributed by atoms with Crippen molar-refractivity contribution in [2.45, 2.75) is 19.8 Å². The highest BCUT2D eigenvalue weighted by atomic mass is 16.5. The van der Waals surface area contributed by atoms with Gasteiger partial charge in [0.25, 0.3) is 0 Å². The summed E-state index contributed by atoms with van der Waals surface area (Å²) >= 11 is 0. The summed E-state index contributed by atoms with van der Waals surface area (Å²) in [6, 6.07) is 7.52. The summed E-state index contributed by atoms with van der Waals surface area (Å²) in [5.74, 6) is 0.853. The van der Waals surface area contributed by atoms with Crippen LogP contribution in [0, 0.1) is 0 Å². The molecule has 116 valence electrons. The van der Waals surface area contributed by atoms with E-state index in [2.05, 4.69) is 17.1 Å². The van der Waals surface area contributed by atoms with Crippen molar-refractivity contribution in [2.75, 3.05) is 44.8 Å². The minimum Gasteiger partial charge on any atom is -0.494 e. The molecule has 1 N–H and O–H groups in total. The maximum absolute atomic E-state index is 12.0. The van der Waals surface area contributed by atoms with Crippen LogP contribution in [0.1, 0.15) is 19.8 Å². The Bertz CT molecular complexity index is 428. The Morgan fingerprint density at radius 1 is 1.29 bits per heavy atom. The molecule has 0 spiro atoms. The molecular formula is C16H24N2O3. The normalized spacial score (nSPS) is 15.7. The van der Waals surface area contributed by atoms with Gasteiger partial charge in [-0.2, -0.15) is 0 Å². The zero-order valence-electron chi connectivity index (χ0n) is 12.6. The molecule has 0 aromatic heterocycles. The van der Waals surface area contributed by atoms with Gasteiger partial charge in [0, 0.05) is 18.8 Å². The summed E-state index contributed by atoms with van der Waals surface area (Å²) in [6.45, 7) is 6.33. The van der Waals surface area contributed by atoms with E-state index < -0.39 is 0 Å². The zero-order chi connectivity index (χ0) is 14.9. The lowest BCUT2D eigenvalue weighted by atomic mass is 10.3. The second-order valence-electron chi connectivity index (χ2n) is 5.16. The van der Waals surface area contributed by atoms with Crippen LogP contribution in [0.5, 0.6) is 5.75 Å². The number of amides is 1. The second-order valence-corrected chi connectivity index (χ2v) is 5.16. The van der Waals surface area contributed by atoms with E-state index in [1.165, 1.54) is 0 Å². The van der Waals surface area contributed by atoms with Crippen molar-refractivity contribution in [1.82, 2.24) is 4.90 Å². The van der Waals surface area contributed by atoms with E-state index in [4.69, 9.17) is 9.47 Å². The maximum atomic E-state index is 12.0. The summed E-state index contributed by atoms with van der Waals surface area (Å²) in [4.78, 5) is 14.0. The zero-order valence-corrected chi connectivity index (χ0v) is 12.6. The summed E-state index contributed by atoms with van der Waals surface area (Å²) in [6.07, 6.45) is 2.17. The lowest BCUT2D eigenvalue weighted by Crippen LogP contribution is -2.41. The number of hydrogen-bond donors (Lipinski definition) is 1. The molecule has 21 heavy (non-hydrogen) atoms. The Labute approximate surface area is 126 Å². The average Bonchev–Trinajstić information content (AvgIpc) is 2.50. The molecule has 0 bridgehead atoms. The Balaban J connectivity index is 1.75. The predicted molar refractivity (Wildman–Crippen MR) is 82.7 cm³/mol. The highest BCUT2D eigenvalue weighted by molar-refractivity contribution is 5.92. The van der Waals surface area contributed by atoms with E-state index in [0.717, 1.165) is 44.0 Å². The van der Waals surface area contributed by atoms with Crippen LogP contribution in [-0.2, 0) is 9.53 Å². The van der Waals surface area contributed by atoms with Gasteiger partial charge in [-0.1, -0.05) is 13.3 Å². The smallest absolute Gasteiger partial charge is 0.238 e. The number of rotatable bonds is 7. The van der Waals surface area contributed by atoms with Crippen molar-refractivity contribution < 1.29 is 14.3 Å². The van der Waals surface area contributed by atoms with Crippen molar-refractivity contribution in [1.29, 1.82) is 0 Å². The quantitative estimate of drug-likeness (QED) is 0.782. The Kier molecular flexibility index (Phi) is 6.50. The van der Waals surface area contributed by atoms with Gasteiger partial charge in [0.05, 0.1) is 26.4 Å². The largest absolute Gasteiger partial charge is 0.494 e. The summed E-state index contributed by atoms with van der Waals surface area (Å²) in [7, 11) is 0. The molecule has 0 saturated carbocycles. The van der Waals surface area contributed by atoms with Gasteiger partial charge in [0.15, 0.2) is 0 Å². The van der Waals surface area contributed by atoms with Crippen LogP contribution in [0.2, 0.25) is 0 Å². The van der Waals surface area contributed by atoms with Crippen molar-refractivity contribution in [3.63, 3.8) is 0 Å². The van der Waals surface area contributed by atoms with Gasteiger partial charge in [0.2, 0.25) is 5.91 Å². The van der Waals surface area contributed by atoms with E-state index >= 15 is 0 Å². The number of ether oxygens (including phenoxy) is 2. The lowest BCUT2D eigenvalue weighted by Gasteiger charge is -2.25. The first-order valence-corrected chi connectivity index (χ1v) is 7.60. The van der Waals surface area contributed by atoms with Gasteiger partial charge in [0.1, 0.15) is 5.75 Å². The van der Waals surface area contributed by atoms with E-state index in [1.54, 1.807) is 0 Å². The third kappa shape index (κ3) is 5.73. The number of nitrogens with one attached hydrogen (secondary N) is 1. The molecule has 5 heteroatoms. The van der Waals surface area contributed by atoms with Crippen molar-refractivity contribution in [3.8, 4) is 5.75 Å². The minimum absolute atomic E-state index is 0.0107. The van der Waals surface area contributed by atoms with Crippen LogP contribution in [0.3, 0.4) is 0 Å². The number of carbonyl (C=O) groups is 1. The third-order valence-electron chi connectivity index (χ3n) is 3.38. The standard InChI is InChI=1S/C16H24N2O3/c1-2-3-10-21-15-6-4-14(5-7-15)17-16(19)13-18-8-11-20-12-9-18/h4-7H,2-3,8-13H2,1H3,(H,17,19). The van der Waals surface area contributed by atoms with E-state index in [-0.39, 0.29) is 5.91 Å². The van der Waals surface area contributed by atoms with Crippen LogP contribution in [0.25, 0.3) is 0 Å². The third-order valence-corrected chi connectivity index (χ3v) is 3.38. The second kappa shape index (κ2) is 8.64. The molecule has 1 fully saturated rings. The number of anilines is 1. The van der Waals surface area contributed by atoms with Gasteiger partial charge < -0.3 is 14.8 Å². The molecule has 2 rings (SSSR count). The molecule has 1 saturated heterocycles. The number of benzene rings is 1. The highest BCUT2D eigenvalue weighted by Crippen LogP contribution is 2.16. The first-order valence-electron chi connectivity index (χ1n) is 7.60. The summed E-state index contributed by atoms with van der Waals surface area (Å²) < 4.78 is 10.9. The van der Waals surface area contributed by atoms with Crippen LogP contribution in [-0.4, -0.2) is 50.3 Å². The number of morpholine rings is 1. The van der Waals surface area contributed by atoms with Gasteiger partial charge in [-0.15, -0.1) is 0 Å². The molecule has 0 aliphatic carbocycles. The first kappa shape index (κ1) is 15.8. The van der Waals surface area contributed by atoms with Crippen LogP contribution < -0.4 is 10.1 Å². The minimum atomic E-state index is 0.0107. The first-order chi connectivity index (χ1) is 10.3. The monoisotopic (exact) mass is 292 g/mol. The van der Waals surface area contributed by atoms with Gasteiger partial charge in [-0.3, -0.25) is 9.69 Å². The van der Waals surface area contributed by atoms with Crippen molar-refractivity contribution in [3.05, 3.63) is 24.3 Å². The predicted octanol–water partition coefficient (Wildman–Crippen LogP) is 2.14. The SMILES string of the molecule is CCCCOc1ccc(NC(=O)CN2CCOCC2)cc1. The molecule has 1 heterocycles. The Morgan fingerprint density at radius 2 is 2.00 bits per heavy atom. The number of carbonyl (C=O) groups excluding carboxylic acids is 1. The Hall–Kier alpha value is -1.59. The Morgan fingerprint density at radius 3 is 2.67 bits per heavy atom. The van der Waals surface area contributed by atoms with E-state index in [0.29, 0.717) is 19.8 Å². The van der Waals surface area contributed by atoms with Crippen LogP contribution >= 0.6 is 0 Å². The molecule has 1 amide bonds. The van der Waals surface area contributed by atoms with Gasteiger partial charge in [-0.05, 0) is 30.7 Å². The molecule has 5 nitrogen and oxygen atoms in total. The molecule has 0 unspecified atom stereocenters. The number of hydrogen-bond acceptors (Lipinski definition) is 4. The maximum Gasteiger partial charge on any atom is 0.238 e. The van der Waals surface area contributed by atoms with Crippen molar-refractivity contribution >= 4 is 11.6 Å². The van der Waals surface area contributed by atoms with Crippen LogP contribution in [0.15, 0.2) is 24.3 Å². The highest BCUT2D eigenvalue weighted by Gasteiger charge is 2.14. The fraction of sp³-hybridized carbons (Fsp3) is 0.562. The average molecular weight is 292 g/mol. The fourth-order valence-corrected chi connectivity index (χ4v) is 2.13. The number of nitrogens with zero attached hydrogens (tertiary/aromatic N) is 1. The molecule has 1 aliphatic rings. The van der Waals surface area contributed by atoms with E-state index in [9.17, 15) is 4.79 Å². The molecule has 1 aromatic carbocycles. The summed E-state index contributed by atoms with van der Waals surface area (Å²) in [5, 5.41) is 2.91. The lowest BCUT2D eigenvalue weighted by molar-refractivity contribution is -0.118. The van der Waals surface area contributed by atoms with E-state index in [1.807, 2.05) is 24.3 Å². The van der Waals surface area contributed by atoms with Gasteiger partial charge in [-0.25, -0.2) is 0 Å². The fourth-order valence-electron chi connectivity index (χ4n) is 2.13. The van der Waals surface area contributed by atoms with Crippen LogP contribution in [0.4, 0.5) is 5.69 Å². The summed E-state index contributed by atoms with van der Waals surface area (Å²) in [5.41, 5.74) is 0.802. The molecule has 1 aliphatic heterocycles. The molecule has 0 atom stereocenters. The van der Waals surface area contributed by atoms with Crippen molar-refractivity contribution in [2.24, 2.45) is 0 Å². The topological polar surface area (TPSA) is 50.8 Å².